The van der Waals surface area contributed by atoms with E-state index >= 15 is 0 Å². The van der Waals surface area contributed by atoms with Gasteiger partial charge in [0, 0.05) is 16.5 Å². The highest BCUT2D eigenvalue weighted by Crippen LogP contribution is 2.36. The van der Waals surface area contributed by atoms with Crippen LogP contribution >= 0.6 is 23.5 Å². The van der Waals surface area contributed by atoms with Crippen molar-refractivity contribution in [3.63, 3.8) is 0 Å². The van der Waals surface area contributed by atoms with Crippen LogP contribution in [0.2, 0.25) is 0 Å². The molecule has 0 spiro atoms. The second-order valence-corrected chi connectivity index (χ2v) is 6.32. The average molecular weight is 202 g/mol. The highest BCUT2D eigenvalue weighted by Gasteiger charge is 2.31. The standard InChI is InChI=1S/C9H16NS2/c10-9(7-3-1-5-11-7)8-4-2-6-12-8/h7-10H,1-6H2. The predicted molar refractivity (Wildman–Crippen MR) is 57.8 cm³/mol. The molecule has 2 saturated heterocycles. The summed E-state index contributed by atoms with van der Waals surface area (Å²) in [6.45, 7) is 0. The monoisotopic (exact) mass is 202 g/mol. The van der Waals surface area contributed by atoms with Gasteiger partial charge in [-0.05, 0) is 37.2 Å². The van der Waals surface area contributed by atoms with Gasteiger partial charge in [0.25, 0.3) is 0 Å². The molecule has 2 aliphatic heterocycles. The highest BCUT2D eigenvalue weighted by molar-refractivity contribution is 8.01. The molecule has 2 heterocycles. The van der Waals surface area contributed by atoms with Gasteiger partial charge >= 0.3 is 0 Å². The largest absolute Gasteiger partial charge is 0.252 e. The van der Waals surface area contributed by atoms with Crippen molar-refractivity contribution in [3.05, 3.63) is 0 Å². The number of rotatable bonds is 2. The Bertz CT molecular complexity index is 123. The number of hydrogen-bond acceptors (Lipinski definition) is 2. The lowest BCUT2D eigenvalue weighted by atomic mass is 10.0. The van der Waals surface area contributed by atoms with Gasteiger partial charge in [-0.2, -0.15) is 23.5 Å². The van der Waals surface area contributed by atoms with Crippen molar-refractivity contribution < 1.29 is 0 Å². The van der Waals surface area contributed by atoms with Gasteiger partial charge in [-0.1, -0.05) is 0 Å². The fourth-order valence-electron chi connectivity index (χ4n) is 2.01. The third-order valence-corrected chi connectivity index (χ3v) is 5.69. The Kier molecular flexibility index (Phi) is 3.27. The topological polar surface area (TPSA) is 23.8 Å². The summed E-state index contributed by atoms with van der Waals surface area (Å²) in [4.78, 5) is 0. The highest BCUT2D eigenvalue weighted by atomic mass is 32.2. The zero-order chi connectivity index (χ0) is 8.39. The molecule has 2 rings (SSSR count). The predicted octanol–water partition coefficient (Wildman–Crippen LogP) is 2.43. The molecule has 12 heavy (non-hydrogen) atoms. The van der Waals surface area contributed by atoms with Gasteiger partial charge in [-0.3, -0.25) is 5.73 Å². The summed E-state index contributed by atoms with van der Waals surface area (Å²) in [7, 11) is 0. The molecule has 0 bridgehead atoms. The third-order valence-electron chi connectivity index (χ3n) is 2.73. The van der Waals surface area contributed by atoms with Crippen LogP contribution in [0.4, 0.5) is 0 Å². The fraction of sp³-hybridized carbons (Fsp3) is 1.00. The van der Waals surface area contributed by atoms with E-state index in [0.717, 1.165) is 0 Å². The maximum Gasteiger partial charge on any atom is 0.0450 e. The smallest absolute Gasteiger partial charge is 0.0450 e. The summed E-state index contributed by atoms with van der Waals surface area (Å²) < 4.78 is 0. The van der Waals surface area contributed by atoms with Crippen molar-refractivity contribution in [3.8, 4) is 0 Å². The Morgan fingerprint density at radius 1 is 1.00 bits per heavy atom. The Balaban J connectivity index is 1.84. The minimum Gasteiger partial charge on any atom is -0.252 e. The Hall–Kier alpha value is 0.660. The van der Waals surface area contributed by atoms with Crippen LogP contribution in [0.5, 0.6) is 0 Å². The molecule has 0 aromatic rings. The third kappa shape index (κ3) is 1.94. The Morgan fingerprint density at radius 3 is 1.83 bits per heavy atom. The molecule has 69 valence electrons. The van der Waals surface area contributed by atoms with Crippen molar-refractivity contribution in [2.24, 2.45) is 0 Å². The fourth-order valence-corrected chi connectivity index (χ4v) is 4.84. The minimum absolute atomic E-state index is 0.227. The van der Waals surface area contributed by atoms with E-state index in [1.165, 1.54) is 37.2 Å². The van der Waals surface area contributed by atoms with Crippen LogP contribution < -0.4 is 5.73 Å². The van der Waals surface area contributed by atoms with Gasteiger partial charge in [-0.25, -0.2) is 0 Å². The van der Waals surface area contributed by atoms with Gasteiger partial charge in [0.15, 0.2) is 0 Å². The molecule has 1 radical (unpaired) electrons. The van der Waals surface area contributed by atoms with E-state index < -0.39 is 0 Å². The van der Waals surface area contributed by atoms with Gasteiger partial charge in [0.2, 0.25) is 0 Å². The number of hydrogen-bond donors (Lipinski definition) is 0. The SMILES string of the molecule is [NH]C(C1CCCS1)C1CCCS1. The number of thioether (sulfide) groups is 2. The normalized spacial score (nSPS) is 38.8. The molecule has 0 aromatic carbocycles. The van der Waals surface area contributed by atoms with Gasteiger partial charge < -0.3 is 0 Å². The first-order valence-corrected chi connectivity index (χ1v) is 6.92. The molecule has 2 fully saturated rings. The molecule has 3 heteroatoms. The second kappa shape index (κ2) is 4.25. The molecule has 0 aliphatic carbocycles. The van der Waals surface area contributed by atoms with E-state index in [-0.39, 0.29) is 6.04 Å². The summed E-state index contributed by atoms with van der Waals surface area (Å²) in [5.74, 6) is 2.61. The second-order valence-electron chi connectivity index (χ2n) is 3.63. The minimum atomic E-state index is 0.227. The van der Waals surface area contributed by atoms with Gasteiger partial charge in [0.05, 0.1) is 0 Å². The summed E-state index contributed by atoms with van der Waals surface area (Å²) in [6.07, 6.45) is 5.30. The van der Waals surface area contributed by atoms with Crippen LogP contribution in [0, 0.1) is 0 Å². The van der Waals surface area contributed by atoms with Crippen LogP contribution in [0.1, 0.15) is 25.7 Å². The van der Waals surface area contributed by atoms with Crippen LogP contribution in [0.3, 0.4) is 0 Å². The van der Waals surface area contributed by atoms with Gasteiger partial charge in [0.1, 0.15) is 0 Å². The van der Waals surface area contributed by atoms with Crippen molar-refractivity contribution in [1.82, 2.24) is 5.73 Å². The Morgan fingerprint density at radius 2 is 1.50 bits per heavy atom. The summed E-state index contributed by atoms with van der Waals surface area (Å²) in [5.41, 5.74) is 8.12. The first-order chi connectivity index (χ1) is 5.88. The average Bonchev–Trinajstić information content (AvgIpc) is 2.77. The lowest BCUT2D eigenvalue weighted by Crippen LogP contribution is -2.32. The molecule has 2 atom stereocenters. The van der Waals surface area contributed by atoms with Gasteiger partial charge in [-0.15, -0.1) is 0 Å². The first-order valence-electron chi connectivity index (χ1n) is 4.82. The molecular formula is C9H16NS2. The van der Waals surface area contributed by atoms with Crippen LogP contribution in [0.25, 0.3) is 0 Å². The molecule has 2 unspecified atom stereocenters. The molecule has 0 saturated carbocycles. The molecule has 1 nitrogen and oxygen atoms in total. The zero-order valence-electron chi connectivity index (χ0n) is 7.29. The van der Waals surface area contributed by atoms with Crippen LogP contribution in [-0.4, -0.2) is 28.0 Å². The molecule has 2 aliphatic rings. The number of nitrogens with one attached hydrogen (secondary N) is 1. The lowest BCUT2D eigenvalue weighted by Gasteiger charge is -2.22. The zero-order valence-corrected chi connectivity index (χ0v) is 8.92. The van der Waals surface area contributed by atoms with E-state index in [2.05, 4.69) is 0 Å². The van der Waals surface area contributed by atoms with Crippen LogP contribution in [0.15, 0.2) is 0 Å². The lowest BCUT2D eigenvalue weighted by molar-refractivity contribution is 0.558. The summed E-state index contributed by atoms with van der Waals surface area (Å²) >= 11 is 4.07. The molecular weight excluding hydrogens is 186 g/mol. The maximum absolute atomic E-state index is 8.12. The summed E-state index contributed by atoms with van der Waals surface area (Å²) in [6, 6.07) is 0.227. The first kappa shape index (κ1) is 9.22. The molecule has 0 aromatic heterocycles. The van der Waals surface area contributed by atoms with E-state index in [1.54, 1.807) is 0 Å². The maximum atomic E-state index is 8.12. The van der Waals surface area contributed by atoms with E-state index in [9.17, 15) is 0 Å². The van der Waals surface area contributed by atoms with Crippen molar-refractivity contribution in [1.29, 1.82) is 0 Å². The molecule has 0 amide bonds. The van der Waals surface area contributed by atoms with E-state index in [1.807, 2.05) is 23.5 Å². The Labute approximate surface area is 83.2 Å². The quantitative estimate of drug-likeness (QED) is 0.686. The van der Waals surface area contributed by atoms with Crippen molar-refractivity contribution >= 4 is 23.5 Å². The summed E-state index contributed by atoms with van der Waals surface area (Å²) in [5, 5.41) is 1.33. The van der Waals surface area contributed by atoms with Crippen molar-refractivity contribution in [2.75, 3.05) is 11.5 Å². The van der Waals surface area contributed by atoms with E-state index in [0.29, 0.717) is 10.5 Å². The van der Waals surface area contributed by atoms with Crippen LogP contribution in [-0.2, 0) is 0 Å². The molecule has 1 N–H and O–H groups in total. The van der Waals surface area contributed by atoms with E-state index in [4.69, 9.17) is 5.73 Å². The van der Waals surface area contributed by atoms with Crippen molar-refractivity contribution in [2.45, 2.75) is 42.2 Å².